The highest BCUT2D eigenvalue weighted by molar-refractivity contribution is 5.64. The Morgan fingerprint density at radius 1 is 0.450 bits per heavy atom. The highest BCUT2D eigenvalue weighted by Gasteiger charge is 1.97. The summed E-state index contributed by atoms with van der Waals surface area (Å²) in [4.78, 5) is 33.4. The van der Waals surface area contributed by atoms with E-state index in [0.29, 0.717) is 0 Å². The van der Waals surface area contributed by atoms with Crippen LogP contribution in [0.1, 0.15) is 22.3 Å². The number of nitrogens with one attached hydrogen (secondary N) is 4. The summed E-state index contributed by atoms with van der Waals surface area (Å²) in [6.07, 6.45) is 5.26. The maximum Gasteiger partial charge on any atom is 0.231 e. The van der Waals surface area contributed by atoms with Crippen LogP contribution in [0.5, 0.6) is 0 Å². The van der Waals surface area contributed by atoms with Crippen molar-refractivity contribution in [1.29, 1.82) is 21.6 Å². The van der Waals surface area contributed by atoms with E-state index in [2.05, 4.69) is 123 Å². The van der Waals surface area contributed by atoms with Gasteiger partial charge in [0.25, 0.3) is 0 Å². The first-order valence-corrected chi connectivity index (χ1v) is 11.7. The van der Waals surface area contributed by atoms with Crippen LogP contribution in [0.2, 0.25) is 0 Å². The van der Waals surface area contributed by atoms with E-state index in [1.807, 2.05) is 0 Å². The molecule has 0 radical (unpaired) electrons. The van der Waals surface area contributed by atoms with Crippen LogP contribution in [0.15, 0.2) is 109 Å². The van der Waals surface area contributed by atoms with Crippen molar-refractivity contribution in [3.05, 3.63) is 131 Å². The van der Waals surface area contributed by atoms with Crippen LogP contribution in [0, 0.1) is 35.5 Å². The number of carbonyl (C=O) groups excluding carboxylic acids is 4. The molecule has 0 atom stereocenters. The van der Waals surface area contributed by atoms with Gasteiger partial charge in [-0.3, -0.25) is 0 Å². The van der Waals surface area contributed by atoms with E-state index < -0.39 is 0 Å². The van der Waals surface area contributed by atoms with Crippen molar-refractivity contribution in [1.82, 2.24) is 0 Å². The molecular formula is C32H32N4O4. The SMILES string of the molecule is Cc1cccc(-c2cccc(C)c2)c1.N=C=O.N=C=O.N=C=O.N=C=O.c1ccc(CCc2ccccc2)cc1. The zero-order valence-electron chi connectivity index (χ0n) is 22.4. The number of hydrogen-bond acceptors (Lipinski definition) is 8. The molecule has 0 unspecified atom stereocenters. The lowest BCUT2D eigenvalue weighted by Gasteiger charge is -2.03. The lowest BCUT2D eigenvalue weighted by molar-refractivity contribution is 0.562. The fraction of sp³-hybridized carbons (Fsp3) is 0.125. The molecule has 40 heavy (non-hydrogen) atoms. The van der Waals surface area contributed by atoms with E-state index in [4.69, 9.17) is 40.8 Å². The molecule has 0 aliphatic heterocycles. The number of isocyanates is 4. The Kier molecular flexibility index (Phi) is 24.2. The predicted octanol–water partition coefficient (Wildman–Crippen LogP) is 7.05. The Bertz CT molecular complexity index is 1220. The molecule has 4 rings (SSSR count). The maximum absolute atomic E-state index is 8.35. The Balaban J connectivity index is 0. The molecule has 0 bridgehead atoms. The molecule has 8 heteroatoms. The van der Waals surface area contributed by atoms with Crippen LogP contribution in [0.3, 0.4) is 0 Å². The first-order chi connectivity index (χ1) is 19.4. The van der Waals surface area contributed by atoms with Gasteiger partial charge in [-0.15, -0.1) is 0 Å². The van der Waals surface area contributed by atoms with Gasteiger partial charge in [0.15, 0.2) is 0 Å². The quantitative estimate of drug-likeness (QED) is 0.162. The van der Waals surface area contributed by atoms with E-state index in [1.165, 1.54) is 33.4 Å². The van der Waals surface area contributed by atoms with Crippen molar-refractivity contribution in [2.75, 3.05) is 0 Å². The molecule has 0 amide bonds. The van der Waals surface area contributed by atoms with Crippen LogP contribution < -0.4 is 0 Å². The fourth-order valence-electron chi connectivity index (χ4n) is 3.23. The average Bonchev–Trinajstić information content (AvgIpc) is 2.95. The van der Waals surface area contributed by atoms with Crippen LogP contribution in [0.4, 0.5) is 0 Å². The van der Waals surface area contributed by atoms with Gasteiger partial charge < -0.3 is 0 Å². The Morgan fingerprint density at radius 3 is 0.975 bits per heavy atom. The molecule has 0 aromatic heterocycles. The minimum absolute atomic E-state index is 0.750. The van der Waals surface area contributed by atoms with Gasteiger partial charge in [-0.25, -0.2) is 40.8 Å². The van der Waals surface area contributed by atoms with Crippen molar-refractivity contribution < 1.29 is 19.2 Å². The standard InChI is InChI=1S/2C14H14.4CHNO/c1-11-5-3-7-13(9-11)14-8-4-6-12(2)10-14;1-3-7-13(8-4-1)11-12-14-9-5-2-6-10-14;4*2-1-3/h3-10H,1-2H3;1-10H,11-12H2;4*2H. The molecule has 0 spiro atoms. The van der Waals surface area contributed by atoms with E-state index in [-0.39, 0.29) is 0 Å². The number of aryl methyl sites for hydroxylation is 4. The van der Waals surface area contributed by atoms with Gasteiger partial charge in [-0.2, -0.15) is 0 Å². The Labute approximate surface area is 234 Å². The van der Waals surface area contributed by atoms with Crippen LogP contribution in [-0.4, -0.2) is 24.3 Å². The first kappa shape index (κ1) is 36.6. The predicted molar refractivity (Wildman–Crippen MR) is 155 cm³/mol. The zero-order chi connectivity index (χ0) is 30.4. The molecule has 0 saturated carbocycles. The summed E-state index contributed by atoms with van der Waals surface area (Å²) in [6.45, 7) is 4.25. The highest BCUT2D eigenvalue weighted by atomic mass is 16.1. The normalized spacial score (nSPS) is 7.85. The second-order valence-electron chi connectivity index (χ2n) is 7.62. The van der Waals surface area contributed by atoms with E-state index >= 15 is 0 Å². The molecule has 4 N–H and O–H groups in total. The molecular weight excluding hydrogens is 504 g/mol. The summed E-state index contributed by atoms with van der Waals surface area (Å²) in [5.74, 6) is 0. The van der Waals surface area contributed by atoms with Gasteiger partial charge in [-0.1, -0.05) is 120 Å². The third kappa shape index (κ3) is 20.6. The summed E-state index contributed by atoms with van der Waals surface area (Å²) in [7, 11) is 0. The average molecular weight is 537 g/mol. The molecule has 4 aromatic rings. The lowest BCUT2D eigenvalue weighted by atomic mass is 10.0. The largest absolute Gasteiger partial charge is 0.231 e. The van der Waals surface area contributed by atoms with Gasteiger partial charge in [0.05, 0.1) is 0 Å². The summed E-state index contributed by atoms with van der Waals surface area (Å²) in [5.41, 5.74) is 8.04. The highest BCUT2D eigenvalue weighted by Crippen LogP contribution is 2.20. The number of rotatable bonds is 4. The molecule has 0 aliphatic carbocycles. The van der Waals surface area contributed by atoms with Crippen LogP contribution in [0.25, 0.3) is 11.1 Å². The summed E-state index contributed by atoms with van der Waals surface area (Å²) in [5, 5.41) is 21.6. The van der Waals surface area contributed by atoms with Crippen molar-refractivity contribution in [2.24, 2.45) is 0 Å². The Morgan fingerprint density at radius 2 is 0.725 bits per heavy atom. The number of hydrogen-bond donors (Lipinski definition) is 4. The minimum Gasteiger partial charge on any atom is -0.222 e. The summed E-state index contributed by atoms with van der Waals surface area (Å²) < 4.78 is 0. The molecule has 0 heterocycles. The third-order valence-electron chi connectivity index (χ3n) is 4.76. The summed E-state index contributed by atoms with van der Waals surface area (Å²) >= 11 is 0. The molecule has 4 aromatic carbocycles. The molecule has 8 nitrogen and oxygen atoms in total. The van der Waals surface area contributed by atoms with Crippen LogP contribution in [-0.2, 0) is 32.0 Å². The fourth-order valence-corrected chi connectivity index (χ4v) is 3.23. The van der Waals surface area contributed by atoms with Gasteiger partial charge in [0.2, 0.25) is 24.3 Å². The second kappa shape index (κ2) is 26.5. The number of benzene rings is 4. The smallest absolute Gasteiger partial charge is 0.222 e. The van der Waals surface area contributed by atoms with E-state index in [9.17, 15) is 0 Å². The third-order valence-corrected chi connectivity index (χ3v) is 4.76. The van der Waals surface area contributed by atoms with Crippen molar-refractivity contribution in [3.8, 4) is 11.1 Å². The second-order valence-corrected chi connectivity index (χ2v) is 7.62. The first-order valence-electron chi connectivity index (χ1n) is 11.7. The van der Waals surface area contributed by atoms with Crippen molar-refractivity contribution >= 4 is 24.3 Å². The van der Waals surface area contributed by atoms with Gasteiger partial charge >= 0.3 is 0 Å². The zero-order valence-corrected chi connectivity index (χ0v) is 22.4. The monoisotopic (exact) mass is 536 g/mol. The van der Waals surface area contributed by atoms with Crippen molar-refractivity contribution in [3.63, 3.8) is 0 Å². The van der Waals surface area contributed by atoms with Gasteiger partial charge in [-0.05, 0) is 48.9 Å². The molecule has 0 fully saturated rings. The summed E-state index contributed by atoms with van der Waals surface area (Å²) in [6, 6.07) is 38.4. The topological polar surface area (TPSA) is 164 Å². The molecule has 0 aliphatic rings. The van der Waals surface area contributed by atoms with E-state index in [0.717, 1.165) is 37.2 Å². The Hall–Kier alpha value is -5.60. The van der Waals surface area contributed by atoms with Gasteiger partial charge in [0.1, 0.15) is 0 Å². The van der Waals surface area contributed by atoms with Crippen LogP contribution >= 0.6 is 0 Å². The molecule has 204 valence electrons. The van der Waals surface area contributed by atoms with Crippen molar-refractivity contribution in [2.45, 2.75) is 26.7 Å². The maximum atomic E-state index is 8.35. The minimum atomic E-state index is 0.750. The van der Waals surface area contributed by atoms with Gasteiger partial charge in [0, 0.05) is 0 Å². The molecule has 0 saturated heterocycles. The lowest BCUT2D eigenvalue weighted by Crippen LogP contribution is -1.89. The van der Waals surface area contributed by atoms with E-state index in [1.54, 1.807) is 0 Å².